The van der Waals surface area contributed by atoms with Crippen molar-refractivity contribution in [2.75, 3.05) is 13.7 Å². The molecule has 0 spiro atoms. The first-order valence-corrected chi connectivity index (χ1v) is 11.6. The molecule has 0 N–H and O–H groups in total. The molecule has 5 rings (SSSR count). The first-order valence-electron chi connectivity index (χ1n) is 10.2. The zero-order valence-electron chi connectivity index (χ0n) is 17.1. The van der Waals surface area contributed by atoms with Crippen molar-refractivity contribution < 1.29 is 17.6 Å². The van der Waals surface area contributed by atoms with Crippen molar-refractivity contribution >= 4 is 21.1 Å². The Morgan fingerprint density at radius 1 is 1.00 bits per heavy atom. The largest absolute Gasteiger partial charge is 0.497 e. The van der Waals surface area contributed by atoms with E-state index in [0.717, 1.165) is 23.1 Å². The number of methoxy groups -OCH3 is 1. The highest BCUT2D eigenvalue weighted by Gasteiger charge is 2.39. The number of sulfonamides is 1. The molecule has 1 saturated heterocycles. The lowest BCUT2D eigenvalue weighted by Gasteiger charge is -2.21. The summed E-state index contributed by atoms with van der Waals surface area (Å²) in [5.41, 5.74) is 3.52. The fourth-order valence-corrected chi connectivity index (χ4v) is 5.71. The van der Waals surface area contributed by atoms with Gasteiger partial charge >= 0.3 is 0 Å². The summed E-state index contributed by atoms with van der Waals surface area (Å²) in [6.45, 7) is 0.438. The van der Waals surface area contributed by atoms with Crippen LogP contribution in [0.3, 0.4) is 0 Å². The van der Waals surface area contributed by atoms with Crippen molar-refractivity contribution in [2.24, 2.45) is 0 Å². The van der Waals surface area contributed by atoms with E-state index in [9.17, 15) is 8.42 Å². The van der Waals surface area contributed by atoms with Crippen LogP contribution in [0.5, 0.6) is 5.75 Å². The Balaban J connectivity index is 1.48. The quantitative estimate of drug-likeness (QED) is 0.441. The van der Waals surface area contributed by atoms with Crippen LogP contribution in [-0.2, 0) is 10.0 Å². The minimum Gasteiger partial charge on any atom is -0.497 e. The van der Waals surface area contributed by atoms with Gasteiger partial charge in [-0.1, -0.05) is 36.4 Å². The second-order valence-corrected chi connectivity index (χ2v) is 9.44. The van der Waals surface area contributed by atoms with Gasteiger partial charge in [0.2, 0.25) is 15.9 Å². The summed E-state index contributed by atoms with van der Waals surface area (Å²) < 4.78 is 39.2. The van der Waals surface area contributed by atoms with Crippen LogP contribution in [0, 0.1) is 0 Å². The first kappa shape index (κ1) is 19.8. The van der Waals surface area contributed by atoms with E-state index in [4.69, 9.17) is 9.15 Å². The molecule has 0 bridgehead atoms. The number of oxazole rings is 1. The van der Waals surface area contributed by atoms with Crippen LogP contribution in [-0.4, -0.2) is 31.4 Å². The van der Waals surface area contributed by atoms with Gasteiger partial charge in [-0.15, -0.1) is 0 Å². The van der Waals surface area contributed by atoms with E-state index in [1.165, 1.54) is 4.31 Å². The predicted molar refractivity (Wildman–Crippen MR) is 118 cm³/mol. The van der Waals surface area contributed by atoms with E-state index >= 15 is 0 Å². The number of fused-ring (bicyclic) bond motifs is 1. The summed E-state index contributed by atoms with van der Waals surface area (Å²) in [7, 11) is -2.12. The van der Waals surface area contributed by atoms with Crippen molar-refractivity contribution in [2.45, 2.75) is 23.8 Å². The molecule has 0 amide bonds. The third kappa shape index (κ3) is 3.60. The molecular formula is C24H22N2O4S. The highest BCUT2D eigenvalue weighted by Crippen LogP contribution is 2.38. The number of rotatable bonds is 5. The Bertz CT molecular complexity index is 1310. The van der Waals surface area contributed by atoms with E-state index in [1.54, 1.807) is 31.4 Å². The highest BCUT2D eigenvalue weighted by atomic mass is 32.2. The van der Waals surface area contributed by atoms with E-state index in [0.29, 0.717) is 30.2 Å². The topological polar surface area (TPSA) is 72.6 Å². The number of hydrogen-bond acceptors (Lipinski definition) is 5. The molecule has 1 atom stereocenters. The van der Waals surface area contributed by atoms with E-state index in [2.05, 4.69) is 4.98 Å². The second-order valence-electron chi connectivity index (χ2n) is 7.55. The molecule has 1 aliphatic heterocycles. The minimum absolute atomic E-state index is 0.239. The number of benzene rings is 3. The normalized spacial score (nSPS) is 17.3. The molecule has 2 heterocycles. The van der Waals surface area contributed by atoms with Crippen LogP contribution >= 0.6 is 0 Å². The molecule has 4 aromatic rings. The van der Waals surface area contributed by atoms with Crippen LogP contribution in [0.1, 0.15) is 24.8 Å². The van der Waals surface area contributed by atoms with Crippen molar-refractivity contribution in [3.8, 4) is 16.9 Å². The third-order valence-electron chi connectivity index (χ3n) is 5.67. The van der Waals surface area contributed by atoms with E-state index in [-0.39, 0.29) is 4.90 Å². The van der Waals surface area contributed by atoms with Crippen molar-refractivity contribution in [1.82, 2.24) is 9.29 Å². The molecule has 0 unspecified atom stereocenters. The Labute approximate surface area is 181 Å². The van der Waals surface area contributed by atoms with Gasteiger partial charge in [0.15, 0.2) is 5.58 Å². The van der Waals surface area contributed by atoms with Crippen LogP contribution < -0.4 is 4.74 Å². The Kier molecular flexibility index (Phi) is 5.00. The molecule has 0 radical (unpaired) electrons. The zero-order valence-corrected chi connectivity index (χ0v) is 17.9. The number of aromatic nitrogens is 1. The van der Waals surface area contributed by atoms with Gasteiger partial charge in [-0.05, 0) is 60.4 Å². The maximum atomic E-state index is 13.3. The van der Waals surface area contributed by atoms with Crippen molar-refractivity contribution in [1.29, 1.82) is 0 Å². The fourth-order valence-electron chi connectivity index (χ4n) is 4.06. The van der Waals surface area contributed by atoms with Crippen LogP contribution in [0.2, 0.25) is 0 Å². The summed E-state index contributed by atoms with van der Waals surface area (Å²) in [5, 5.41) is 0. The average Bonchev–Trinajstić information content (AvgIpc) is 3.46. The molecule has 0 saturated carbocycles. The number of hydrogen-bond donors (Lipinski definition) is 0. The maximum absolute atomic E-state index is 13.3. The predicted octanol–water partition coefficient (Wildman–Crippen LogP) is 5.03. The summed E-state index contributed by atoms with van der Waals surface area (Å²) in [6.07, 6.45) is 1.43. The minimum atomic E-state index is -3.67. The smallest absolute Gasteiger partial charge is 0.243 e. The zero-order chi connectivity index (χ0) is 21.4. The average molecular weight is 435 g/mol. The first-order chi connectivity index (χ1) is 15.1. The van der Waals surface area contributed by atoms with E-state index in [1.807, 2.05) is 48.5 Å². The molecule has 7 heteroatoms. The Hall–Kier alpha value is -3.16. The Morgan fingerprint density at radius 2 is 1.77 bits per heavy atom. The lowest BCUT2D eigenvalue weighted by molar-refractivity contribution is 0.337. The standard InChI is InChI=1S/C24H22N2O4S/c1-29-19-10-12-20(13-11-19)31(27,28)26-15-5-8-22(26)24-25-21-16-18(9-14-23(21)30-24)17-6-3-2-4-7-17/h2-4,6-7,9-14,16,22H,5,8,15H2,1H3/t22-/m0/s1. The molecule has 31 heavy (non-hydrogen) atoms. The molecule has 158 valence electrons. The molecule has 6 nitrogen and oxygen atoms in total. The number of nitrogens with zero attached hydrogens (tertiary/aromatic N) is 2. The van der Waals surface area contributed by atoms with Crippen LogP contribution in [0.25, 0.3) is 22.2 Å². The van der Waals surface area contributed by atoms with Crippen molar-refractivity contribution in [3.05, 3.63) is 78.7 Å². The molecule has 0 aliphatic carbocycles. The van der Waals surface area contributed by atoms with Gasteiger partial charge in [0.05, 0.1) is 12.0 Å². The maximum Gasteiger partial charge on any atom is 0.243 e. The third-order valence-corrected chi connectivity index (χ3v) is 7.59. The van der Waals surface area contributed by atoms with Gasteiger partial charge in [0, 0.05) is 6.54 Å². The highest BCUT2D eigenvalue weighted by molar-refractivity contribution is 7.89. The SMILES string of the molecule is COc1ccc(S(=O)(=O)N2CCC[C@H]2c2nc3cc(-c4ccccc4)ccc3o2)cc1. The summed E-state index contributed by atoms with van der Waals surface area (Å²) in [6, 6.07) is 22.0. The molecule has 1 aromatic heterocycles. The lowest BCUT2D eigenvalue weighted by Crippen LogP contribution is -2.30. The molecule has 3 aromatic carbocycles. The van der Waals surface area contributed by atoms with Crippen LogP contribution in [0.4, 0.5) is 0 Å². The van der Waals surface area contributed by atoms with Gasteiger partial charge in [0.1, 0.15) is 17.3 Å². The lowest BCUT2D eigenvalue weighted by atomic mass is 10.1. The van der Waals surface area contributed by atoms with Gasteiger partial charge in [-0.3, -0.25) is 0 Å². The van der Waals surface area contributed by atoms with Gasteiger partial charge in [-0.2, -0.15) is 4.31 Å². The summed E-state index contributed by atoms with van der Waals surface area (Å²) in [5.74, 6) is 1.06. The fraction of sp³-hybridized carbons (Fsp3) is 0.208. The van der Waals surface area contributed by atoms with Gasteiger partial charge in [0.25, 0.3) is 0 Å². The summed E-state index contributed by atoms with van der Waals surface area (Å²) >= 11 is 0. The molecule has 1 fully saturated rings. The van der Waals surface area contributed by atoms with Gasteiger partial charge in [-0.25, -0.2) is 13.4 Å². The monoisotopic (exact) mass is 434 g/mol. The molecule has 1 aliphatic rings. The second kappa shape index (κ2) is 7.83. The van der Waals surface area contributed by atoms with Crippen LogP contribution in [0.15, 0.2) is 82.1 Å². The number of ether oxygens (including phenoxy) is 1. The van der Waals surface area contributed by atoms with Crippen molar-refractivity contribution in [3.63, 3.8) is 0 Å². The molecular weight excluding hydrogens is 412 g/mol. The van der Waals surface area contributed by atoms with E-state index < -0.39 is 16.1 Å². The summed E-state index contributed by atoms with van der Waals surface area (Å²) in [4.78, 5) is 4.91. The van der Waals surface area contributed by atoms with Gasteiger partial charge < -0.3 is 9.15 Å². The Morgan fingerprint density at radius 3 is 2.52 bits per heavy atom.